The van der Waals surface area contributed by atoms with Crippen LogP contribution in [0.15, 0.2) is 47.4 Å². The first-order valence-corrected chi connectivity index (χ1v) is 10.9. The number of ether oxygens (including phenoxy) is 1. The van der Waals surface area contributed by atoms with Crippen LogP contribution in [0.3, 0.4) is 0 Å². The highest BCUT2D eigenvalue weighted by Gasteiger charge is 2.34. The maximum absolute atomic E-state index is 12.8. The number of carbonyl (C=O) groups excluding carboxylic acids is 2. The molecule has 0 N–H and O–H groups in total. The Morgan fingerprint density at radius 2 is 1.76 bits per heavy atom. The topological polar surface area (TPSA) is 68.6 Å². The van der Waals surface area contributed by atoms with Gasteiger partial charge in [0.05, 0.1) is 0 Å². The van der Waals surface area contributed by atoms with Gasteiger partial charge < -0.3 is 14.2 Å². The Bertz CT molecular complexity index is 1020. The molecule has 0 radical (unpaired) electrons. The summed E-state index contributed by atoms with van der Waals surface area (Å²) in [7, 11) is 0. The van der Waals surface area contributed by atoms with Crippen LogP contribution in [0.5, 0.6) is 0 Å². The average Bonchev–Trinajstić information content (AvgIpc) is 2.78. The van der Waals surface area contributed by atoms with Gasteiger partial charge in [-0.1, -0.05) is 29.8 Å². The quantitative estimate of drug-likeness (QED) is 0.588. The lowest BCUT2D eigenvalue weighted by molar-refractivity contribution is -0.153. The van der Waals surface area contributed by atoms with Gasteiger partial charge in [0.1, 0.15) is 12.1 Å². The van der Waals surface area contributed by atoms with Crippen molar-refractivity contribution in [3.63, 3.8) is 0 Å². The van der Waals surface area contributed by atoms with E-state index in [0.29, 0.717) is 29.6 Å². The van der Waals surface area contributed by atoms with Crippen molar-refractivity contribution in [3.05, 3.63) is 69.6 Å². The Hall–Kier alpha value is -3.10. The fourth-order valence-corrected chi connectivity index (χ4v) is 3.89. The molecule has 1 aromatic heterocycles. The van der Waals surface area contributed by atoms with E-state index in [4.69, 9.17) is 4.74 Å². The maximum Gasteiger partial charge on any atom is 0.421 e. The van der Waals surface area contributed by atoms with Crippen molar-refractivity contribution in [1.29, 1.82) is 0 Å². The lowest BCUT2D eigenvalue weighted by atomic mass is 9.90. The number of carbonyl (C=O) groups is 2. The van der Waals surface area contributed by atoms with Gasteiger partial charge in [-0.25, -0.2) is 0 Å². The van der Waals surface area contributed by atoms with Crippen LogP contribution in [-0.2, 0) is 33.5 Å². The number of benzene rings is 1. The van der Waals surface area contributed by atoms with Crippen molar-refractivity contribution >= 4 is 11.9 Å². The van der Waals surface area contributed by atoms with E-state index in [9.17, 15) is 27.6 Å². The van der Waals surface area contributed by atoms with Crippen LogP contribution in [0.4, 0.5) is 13.2 Å². The fourth-order valence-electron chi connectivity index (χ4n) is 3.89. The molecule has 33 heavy (non-hydrogen) atoms. The normalized spacial score (nSPS) is 14.8. The van der Waals surface area contributed by atoms with Gasteiger partial charge in [0, 0.05) is 19.3 Å². The highest BCUT2D eigenvalue weighted by atomic mass is 19.4. The predicted octanol–water partition coefficient (Wildman–Crippen LogP) is 3.59. The van der Waals surface area contributed by atoms with Gasteiger partial charge in [-0.3, -0.25) is 14.4 Å². The van der Waals surface area contributed by atoms with Gasteiger partial charge in [-0.2, -0.15) is 13.2 Å². The summed E-state index contributed by atoms with van der Waals surface area (Å²) >= 11 is 0. The molecule has 1 aliphatic rings. The molecule has 2 heterocycles. The van der Waals surface area contributed by atoms with Crippen LogP contribution in [0, 0.1) is 12.8 Å². The van der Waals surface area contributed by atoms with E-state index < -0.39 is 36.4 Å². The molecule has 0 atom stereocenters. The summed E-state index contributed by atoms with van der Waals surface area (Å²) in [5, 5.41) is 0. The number of hydrogen-bond acceptors (Lipinski definition) is 4. The number of nitrogens with zero attached hydrogens (tertiary/aromatic N) is 2. The maximum atomic E-state index is 12.8. The van der Waals surface area contributed by atoms with Crippen LogP contribution < -0.4 is 5.56 Å². The predicted molar refractivity (Wildman–Crippen MR) is 115 cm³/mol. The third-order valence-corrected chi connectivity index (χ3v) is 5.91. The Labute approximate surface area is 190 Å². The van der Waals surface area contributed by atoms with E-state index in [2.05, 4.69) is 31.2 Å². The van der Waals surface area contributed by atoms with Crippen LogP contribution in [0.1, 0.15) is 36.0 Å². The summed E-state index contributed by atoms with van der Waals surface area (Å²) in [6, 6.07) is 10.2. The summed E-state index contributed by atoms with van der Waals surface area (Å²) < 4.78 is 44.0. The van der Waals surface area contributed by atoms with Crippen molar-refractivity contribution in [2.45, 2.75) is 45.3 Å². The molecule has 1 amide bonds. The molecule has 6 nitrogen and oxygen atoms in total. The number of halogens is 3. The van der Waals surface area contributed by atoms with Crippen LogP contribution in [0.25, 0.3) is 0 Å². The molecule has 1 aliphatic heterocycles. The average molecular weight is 464 g/mol. The molecule has 1 aromatic carbocycles. The number of piperidine rings is 1. The number of hydrogen-bond donors (Lipinski definition) is 0. The molecular formula is C24H27F3N2O4. The number of likely N-dealkylation sites (tertiary alicyclic amines) is 1. The van der Waals surface area contributed by atoms with Crippen molar-refractivity contribution in [1.82, 2.24) is 9.47 Å². The van der Waals surface area contributed by atoms with E-state index >= 15 is 0 Å². The summed E-state index contributed by atoms with van der Waals surface area (Å²) in [5.74, 6) is -0.778. The van der Waals surface area contributed by atoms with Crippen molar-refractivity contribution in [3.8, 4) is 0 Å². The van der Waals surface area contributed by atoms with Gasteiger partial charge in [0.25, 0.3) is 11.5 Å². The third kappa shape index (κ3) is 6.94. The summed E-state index contributed by atoms with van der Waals surface area (Å²) in [6.45, 7) is 2.00. The first-order chi connectivity index (χ1) is 15.6. The SMILES string of the molecule is Cc1ccc(CCC2CCN(C(=O)COC(=O)Cn3cccc(C(F)(F)F)c3=O)CC2)cc1. The third-order valence-electron chi connectivity index (χ3n) is 5.91. The first-order valence-electron chi connectivity index (χ1n) is 10.9. The minimum atomic E-state index is -4.81. The number of aromatic nitrogens is 1. The minimum absolute atomic E-state index is 0.350. The zero-order valence-corrected chi connectivity index (χ0v) is 18.4. The molecule has 9 heteroatoms. The summed E-state index contributed by atoms with van der Waals surface area (Å²) in [6.07, 6.45) is 0.0296. The fraction of sp³-hybridized carbons (Fsp3) is 0.458. The van der Waals surface area contributed by atoms with E-state index in [1.165, 1.54) is 11.1 Å². The lowest BCUT2D eigenvalue weighted by Crippen LogP contribution is -2.41. The standard InChI is InChI=1S/C24H27F3N2O4/c1-17-4-6-18(7-5-17)8-9-19-10-13-28(14-11-19)21(30)16-33-22(31)15-29-12-2-3-20(23(29)32)24(25,26)27/h2-7,12,19H,8-11,13-16H2,1H3. The van der Waals surface area contributed by atoms with Crippen LogP contribution >= 0.6 is 0 Å². The molecule has 0 bridgehead atoms. The van der Waals surface area contributed by atoms with Crippen molar-refractivity contribution < 1.29 is 27.5 Å². The smallest absolute Gasteiger partial charge is 0.421 e. The Kier molecular flexibility index (Phi) is 7.94. The molecule has 0 spiro atoms. The van der Waals surface area contributed by atoms with Gasteiger partial charge >= 0.3 is 12.1 Å². The second kappa shape index (κ2) is 10.7. The summed E-state index contributed by atoms with van der Waals surface area (Å²) in [5.41, 5.74) is -0.167. The number of aryl methyl sites for hydroxylation is 2. The molecule has 0 aliphatic carbocycles. The second-order valence-electron chi connectivity index (χ2n) is 8.36. The first kappa shape index (κ1) is 24.5. The van der Waals surface area contributed by atoms with E-state index in [1.807, 2.05) is 0 Å². The number of alkyl halides is 3. The molecule has 2 aromatic rings. The minimum Gasteiger partial charge on any atom is -0.454 e. The van der Waals surface area contributed by atoms with Gasteiger partial charge in [-0.05, 0) is 56.2 Å². The van der Waals surface area contributed by atoms with Crippen LogP contribution in [0.2, 0.25) is 0 Å². The van der Waals surface area contributed by atoms with Gasteiger partial charge in [0.2, 0.25) is 0 Å². The molecule has 1 fully saturated rings. The zero-order chi connectivity index (χ0) is 24.0. The van der Waals surface area contributed by atoms with Gasteiger partial charge in [0.15, 0.2) is 6.61 Å². The van der Waals surface area contributed by atoms with Crippen molar-refractivity contribution in [2.75, 3.05) is 19.7 Å². The molecule has 178 valence electrons. The Morgan fingerprint density at radius 3 is 2.39 bits per heavy atom. The number of pyridine rings is 1. The largest absolute Gasteiger partial charge is 0.454 e. The Morgan fingerprint density at radius 1 is 1.09 bits per heavy atom. The lowest BCUT2D eigenvalue weighted by Gasteiger charge is -2.32. The Balaban J connectivity index is 1.41. The monoisotopic (exact) mass is 464 g/mol. The number of esters is 1. The van der Waals surface area contributed by atoms with E-state index in [1.54, 1.807) is 4.90 Å². The second-order valence-corrected chi connectivity index (χ2v) is 8.36. The van der Waals surface area contributed by atoms with E-state index in [-0.39, 0.29) is 5.91 Å². The molecule has 0 unspecified atom stereocenters. The zero-order valence-electron chi connectivity index (χ0n) is 18.4. The number of amides is 1. The molecular weight excluding hydrogens is 437 g/mol. The summed E-state index contributed by atoms with van der Waals surface area (Å²) in [4.78, 5) is 37.8. The highest BCUT2D eigenvalue weighted by molar-refractivity contribution is 5.80. The van der Waals surface area contributed by atoms with Gasteiger partial charge in [-0.15, -0.1) is 0 Å². The highest BCUT2D eigenvalue weighted by Crippen LogP contribution is 2.26. The molecule has 1 saturated heterocycles. The van der Waals surface area contributed by atoms with E-state index in [0.717, 1.165) is 37.9 Å². The van der Waals surface area contributed by atoms with Crippen LogP contribution in [-0.4, -0.2) is 41.0 Å². The molecule has 0 saturated carbocycles. The van der Waals surface area contributed by atoms with Crippen molar-refractivity contribution in [2.24, 2.45) is 5.92 Å². The molecule has 3 rings (SSSR count). The number of rotatable bonds is 7.